The molecular weight excluding hydrogens is 318 g/mol. The molecule has 25 heavy (non-hydrogen) atoms. The molecule has 1 unspecified atom stereocenters. The van der Waals surface area contributed by atoms with E-state index in [0.29, 0.717) is 29.2 Å². The highest BCUT2D eigenvalue weighted by Gasteiger charge is 2.16. The maximum Gasteiger partial charge on any atom is 0.257 e. The van der Waals surface area contributed by atoms with Crippen LogP contribution in [0.2, 0.25) is 0 Å². The number of amides is 2. The van der Waals surface area contributed by atoms with Crippen LogP contribution in [0.25, 0.3) is 0 Å². The van der Waals surface area contributed by atoms with E-state index in [0.717, 1.165) is 0 Å². The van der Waals surface area contributed by atoms with Crippen molar-refractivity contribution in [3.63, 3.8) is 0 Å². The van der Waals surface area contributed by atoms with Crippen molar-refractivity contribution in [3.05, 3.63) is 54.1 Å². The van der Waals surface area contributed by atoms with E-state index in [2.05, 4.69) is 16.0 Å². The van der Waals surface area contributed by atoms with Crippen LogP contribution < -0.4 is 20.7 Å². The summed E-state index contributed by atoms with van der Waals surface area (Å²) in [6.45, 7) is 2.39. The molecular formula is C19H23N3O3. The molecule has 2 amide bonds. The Kier molecular flexibility index (Phi) is 6.54. The first-order chi connectivity index (χ1) is 12.0. The van der Waals surface area contributed by atoms with Crippen LogP contribution in [-0.4, -0.2) is 32.5 Å². The van der Waals surface area contributed by atoms with E-state index >= 15 is 0 Å². The van der Waals surface area contributed by atoms with Gasteiger partial charge in [-0.2, -0.15) is 0 Å². The Morgan fingerprint density at radius 1 is 1.04 bits per heavy atom. The van der Waals surface area contributed by atoms with Crippen molar-refractivity contribution in [1.29, 1.82) is 0 Å². The standard InChI is InChI=1S/C19H23N3O3/c1-13(12-20-2)18(23)22-17-7-5-4-6-16(17)19(24)21-14-8-10-15(25-3)11-9-14/h4-11,13,20H,12H2,1-3H3,(H,21,24)(H,22,23). The van der Waals surface area contributed by atoms with Crippen molar-refractivity contribution < 1.29 is 14.3 Å². The van der Waals surface area contributed by atoms with E-state index in [1.165, 1.54) is 0 Å². The molecule has 1 atom stereocenters. The minimum absolute atomic E-state index is 0.140. The molecule has 2 rings (SSSR count). The number of rotatable bonds is 7. The van der Waals surface area contributed by atoms with E-state index in [1.54, 1.807) is 62.7 Å². The lowest BCUT2D eigenvalue weighted by molar-refractivity contribution is -0.119. The van der Waals surface area contributed by atoms with Crippen molar-refractivity contribution in [2.45, 2.75) is 6.92 Å². The fourth-order valence-corrected chi connectivity index (χ4v) is 2.32. The van der Waals surface area contributed by atoms with E-state index in [-0.39, 0.29) is 17.7 Å². The van der Waals surface area contributed by atoms with Gasteiger partial charge in [0.25, 0.3) is 5.91 Å². The molecule has 0 aliphatic heterocycles. The number of anilines is 2. The van der Waals surface area contributed by atoms with Crippen LogP contribution in [0.3, 0.4) is 0 Å². The molecule has 0 fully saturated rings. The third-order valence-corrected chi connectivity index (χ3v) is 3.74. The summed E-state index contributed by atoms with van der Waals surface area (Å²) in [4.78, 5) is 24.8. The van der Waals surface area contributed by atoms with Gasteiger partial charge in [0.2, 0.25) is 5.91 Å². The van der Waals surface area contributed by atoms with Crippen LogP contribution in [0.5, 0.6) is 5.75 Å². The van der Waals surface area contributed by atoms with Crippen molar-refractivity contribution >= 4 is 23.2 Å². The van der Waals surface area contributed by atoms with Gasteiger partial charge in [0.05, 0.1) is 18.4 Å². The lowest BCUT2D eigenvalue weighted by atomic mass is 10.1. The third kappa shape index (κ3) is 5.06. The van der Waals surface area contributed by atoms with E-state index in [1.807, 2.05) is 6.92 Å². The fourth-order valence-electron chi connectivity index (χ4n) is 2.32. The molecule has 6 nitrogen and oxygen atoms in total. The number of para-hydroxylation sites is 1. The number of hydrogen-bond acceptors (Lipinski definition) is 4. The summed E-state index contributed by atoms with van der Waals surface area (Å²) in [6.07, 6.45) is 0. The Hall–Kier alpha value is -2.86. The second kappa shape index (κ2) is 8.84. The SMILES string of the molecule is CNCC(C)C(=O)Nc1ccccc1C(=O)Nc1ccc(OC)cc1. The number of nitrogens with one attached hydrogen (secondary N) is 3. The molecule has 0 spiro atoms. The Bertz CT molecular complexity index is 729. The molecule has 0 saturated heterocycles. The summed E-state index contributed by atoms with van der Waals surface area (Å²) in [5.41, 5.74) is 1.54. The molecule has 0 aromatic heterocycles. The molecule has 2 aromatic carbocycles. The monoisotopic (exact) mass is 341 g/mol. The summed E-state index contributed by atoms with van der Waals surface area (Å²) in [6, 6.07) is 14.0. The minimum Gasteiger partial charge on any atom is -0.497 e. The molecule has 2 aromatic rings. The minimum atomic E-state index is -0.290. The van der Waals surface area contributed by atoms with Gasteiger partial charge in [-0.1, -0.05) is 19.1 Å². The average Bonchev–Trinajstić information content (AvgIpc) is 2.63. The van der Waals surface area contributed by atoms with Gasteiger partial charge >= 0.3 is 0 Å². The number of benzene rings is 2. The van der Waals surface area contributed by atoms with Gasteiger partial charge < -0.3 is 20.7 Å². The Labute approximate surface area is 147 Å². The highest BCUT2D eigenvalue weighted by Crippen LogP contribution is 2.20. The number of carbonyl (C=O) groups is 2. The highest BCUT2D eigenvalue weighted by molar-refractivity contribution is 6.10. The summed E-state index contributed by atoms with van der Waals surface area (Å²) < 4.78 is 5.10. The first-order valence-electron chi connectivity index (χ1n) is 8.05. The van der Waals surface area contributed by atoms with Crippen molar-refractivity contribution in [2.24, 2.45) is 5.92 Å². The smallest absolute Gasteiger partial charge is 0.257 e. The largest absolute Gasteiger partial charge is 0.497 e. The van der Waals surface area contributed by atoms with Crippen LogP contribution in [0, 0.1) is 5.92 Å². The van der Waals surface area contributed by atoms with E-state index in [4.69, 9.17) is 4.74 Å². The van der Waals surface area contributed by atoms with Gasteiger partial charge in [-0.05, 0) is 43.4 Å². The number of hydrogen-bond donors (Lipinski definition) is 3. The molecule has 132 valence electrons. The predicted molar refractivity (Wildman–Crippen MR) is 99.1 cm³/mol. The third-order valence-electron chi connectivity index (χ3n) is 3.74. The predicted octanol–water partition coefficient (Wildman–Crippen LogP) is 2.74. The molecule has 0 heterocycles. The van der Waals surface area contributed by atoms with E-state index < -0.39 is 0 Å². The molecule has 0 saturated carbocycles. The Morgan fingerprint density at radius 3 is 2.36 bits per heavy atom. The molecule has 3 N–H and O–H groups in total. The lowest BCUT2D eigenvalue weighted by Gasteiger charge is -2.14. The molecule has 0 radical (unpaired) electrons. The summed E-state index contributed by atoms with van der Waals surface area (Å²) in [5.74, 6) is 0.0771. The maximum atomic E-state index is 12.6. The number of methoxy groups -OCH3 is 1. The van der Waals surface area contributed by atoms with Gasteiger partial charge in [0.1, 0.15) is 5.75 Å². The first kappa shape index (κ1) is 18.5. The van der Waals surface area contributed by atoms with Gasteiger partial charge in [0, 0.05) is 18.2 Å². The zero-order chi connectivity index (χ0) is 18.2. The highest BCUT2D eigenvalue weighted by atomic mass is 16.5. The maximum absolute atomic E-state index is 12.6. The molecule has 0 aliphatic rings. The van der Waals surface area contributed by atoms with Crippen LogP contribution in [0.1, 0.15) is 17.3 Å². The van der Waals surface area contributed by atoms with Crippen molar-refractivity contribution in [1.82, 2.24) is 5.32 Å². The average molecular weight is 341 g/mol. The van der Waals surface area contributed by atoms with Gasteiger partial charge in [-0.15, -0.1) is 0 Å². The summed E-state index contributed by atoms with van der Waals surface area (Å²) in [7, 11) is 3.38. The van der Waals surface area contributed by atoms with Crippen LogP contribution >= 0.6 is 0 Å². The quantitative estimate of drug-likeness (QED) is 0.723. The molecule has 0 aliphatic carbocycles. The van der Waals surface area contributed by atoms with E-state index in [9.17, 15) is 9.59 Å². The van der Waals surface area contributed by atoms with Gasteiger partial charge in [0.15, 0.2) is 0 Å². The summed E-state index contributed by atoms with van der Waals surface area (Å²) in [5, 5.41) is 8.60. The number of ether oxygens (including phenoxy) is 1. The number of carbonyl (C=O) groups excluding carboxylic acids is 2. The Morgan fingerprint density at radius 2 is 1.72 bits per heavy atom. The fraction of sp³-hybridized carbons (Fsp3) is 0.263. The van der Waals surface area contributed by atoms with Crippen LogP contribution in [0.4, 0.5) is 11.4 Å². The second-order valence-corrected chi connectivity index (χ2v) is 5.68. The van der Waals surface area contributed by atoms with Crippen LogP contribution in [-0.2, 0) is 4.79 Å². The molecule has 0 bridgehead atoms. The molecule has 6 heteroatoms. The van der Waals surface area contributed by atoms with Crippen LogP contribution in [0.15, 0.2) is 48.5 Å². The van der Waals surface area contributed by atoms with Crippen molar-refractivity contribution in [2.75, 3.05) is 31.3 Å². The first-order valence-corrected chi connectivity index (χ1v) is 8.05. The Balaban J connectivity index is 2.12. The van der Waals surface area contributed by atoms with Crippen molar-refractivity contribution in [3.8, 4) is 5.75 Å². The van der Waals surface area contributed by atoms with Gasteiger partial charge in [-0.25, -0.2) is 0 Å². The van der Waals surface area contributed by atoms with Gasteiger partial charge in [-0.3, -0.25) is 9.59 Å². The normalized spacial score (nSPS) is 11.5. The lowest BCUT2D eigenvalue weighted by Crippen LogP contribution is -2.29. The zero-order valence-electron chi connectivity index (χ0n) is 14.6. The topological polar surface area (TPSA) is 79.5 Å². The second-order valence-electron chi connectivity index (χ2n) is 5.68. The zero-order valence-corrected chi connectivity index (χ0v) is 14.6. The summed E-state index contributed by atoms with van der Waals surface area (Å²) >= 11 is 0.